The second kappa shape index (κ2) is 13.9. The van der Waals surface area contributed by atoms with E-state index in [2.05, 4.69) is 10.6 Å². The molecule has 1 unspecified atom stereocenters. The SMILES string of the molecule is N[C@@H](Cc1ccc(O)cc1)C(=O)N1CCC[C@H]1C(=O)NC(Cc1ccccc1)C(=O)N1CCC[C@H]1C(=O)NCC(=O)O. The lowest BCUT2D eigenvalue weighted by molar-refractivity contribution is -0.144. The van der Waals surface area contributed by atoms with Crippen molar-refractivity contribution in [1.29, 1.82) is 0 Å². The number of rotatable bonds is 11. The number of amides is 4. The summed E-state index contributed by atoms with van der Waals surface area (Å²) >= 11 is 0. The summed E-state index contributed by atoms with van der Waals surface area (Å²) in [5, 5.41) is 23.6. The highest BCUT2D eigenvalue weighted by molar-refractivity contribution is 5.96. The average molecular weight is 580 g/mol. The molecule has 42 heavy (non-hydrogen) atoms. The van der Waals surface area contributed by atoms with Crippen LogP contribution >= 0.6 is 0 Å². The molecule has 2 aromatic carbocycles. The Morgan fingerprint density at radius 1 is 0.810 bits per heavy atom. The molecule has 0 radical (unpaired) electrons. The van der Waals surface area contributed by atoms with Gasteiger partial charge >= 0.3 is 5.97 Å². The number of benzene rings is 2. The Kier molecular flexibility index (Phi) is 10.1. The molecule has 2 aliphatic rings. The number of aromatic hydroxyl groups is 1. The molecule has 12 heteroatoms. The second-order valence-electron chi connectivity index (χ2n) is 10.7. The molecule has 12 nitrogen and oxygen atoms in total. The van der Waals surface area contributed by atoms with Crippen molar-refractivity contribution < 1.29 is 34.2 Å². The molecule has 2 heterocycles. The summed E-state index contributed by atoms with van der Waals surface area (Å²) in [5.74, 6) is -2.93. The number of nitrogens with one attached hydrogen (secondary N) is 2. The van der Waals surface area contributed by atoms with E-state index in [-0.39, 0.29) is 24.5 Å². The van der Waals surface area contributed by atoms with E-state index in [1.807, 2.05) is 30.3 Å². The number of carboxylic acids is 1. The number of carboxylic acid groups (broad SMARTS) is 1. The number of aliphatic carboxylic acids is 1. The van der Waals surface area contributed by atoms with Crippen LogP contribution in [-0.4, -0.2) is 93.4 Å². The molecule has 6 N–H and O–H groups in total. The number of hydrogen-bond donors (Lipinski definition) is 5. The largest absolute Gasteiger partial charge is 0.508 e. The number of phenols is 1. The number of carbonyl (C=O) groups is 5. The first-order chi connectivity index (χ1) is 20.1. The van der Waals surface area contributed by atoms with E-state index < -0.39 is 54.4 Å². The molecular formula is C30H37N5O7. The highest BCUT2D eigenvalue weighted by Gasteiger charge is 2.41. The number of nitrogens with zero attached hydrogens (tertiary/aromatic N) is 2. The van der Waals surface area contributed by atoms with E-state index in [1.165, 1.54) is 21.9 Å². The predicted molar refractivity (Wildman–Crippen MR) is 152 cm³/mol. The molecule has 2 aromatic rings. The summed E-state index contributed by atoms with van der Waals surface area (Å²) in [6.07, 6.45) is 2.37. The van der Waals surface area contributed by atoms with Crippen LogP contribution in [0.5, 0.6) is 5.75 Å². The Morgan fingerprint density at radius 2 is 1.38 bits per heavy atom. The van der Waals surface area contributed by atoms with Gasteiger partial charge in [0.15, 0.2) is 0 Å². The Bertz CT molecular complexity index is 1290. The molecule has 2 fully saturated rings. The van der Waals surface area contributed by atoms with Crippen LogP contribution in [0.15, 0.2) is 54.6 Å². The Labute approximate surface area is 243 Å². The summed E-state index contributed by atoms with van der Waals surface area (Å²) in [4.78, 5) is 67.2. The topological polar surface area (TPSA) is 182 Å². The fraction of sp³-hybridized carbons (Fsp3) is 0.433. The number of likely N-dealkylation sites (tertiary alicyclic amines) is 2. The fourth-order valence-corrected chi connectivity index (χ4v) is 5.59. The Morgan fingerprint density at radius 3 is 2.00 bits per heavy atom. The lowest BCUT2D eigenvalue weighted by atomic mass is 10.0. The lowest BCUT2D eigenvalue weighted by Crippen LogP contribution is -2.58. The van der Waals surface area contributed by atoms with Gasteiger partial charge < -0.3 is 36.4 Å². The van der Waals surface area contributed by atoms with Crippen LogP contribution in [0.1, 0.15) is 36.8 Å². The summed E-state index contributed by atoms with van der Waals surface area (Å²) in [6, 6.07) is 12.0. The van der Waals surface area contributed by atoms with E-state index in [1.54, 1.807) is 12.1 Å². The van der Waals surface area contributed by atoms with Crippen LogP contribution < -0.4 is 16.4 Å². The first-order valence-electron chi connectivity index (χ1n) is 14.1. The monoisotopic (exact) mass is 579 g/mol. The van der Waals surface area contributed by atoms with Crippen molar-refractivity contribution in [1.82, 2.24) is 20.4 Å². The van der Waals surface area contributed by atoms with Gasteiger partial charge in [0.25, 0.3) is 0 Å². The molecule has 2 saturated heterocycles. The maximum Gasteiger partial charge on any atom is 0.322 e. The van der Waals surface area contributed by atoms with Crippen molar-refractivity contribution >= 4 is 29.6 Å². The minimum atomic E-state index is -1.19. The third-order valence-corrected chi connectivity index (χ3v) is 7.70. The lowest BCUT2D eigenvalue weighted by Gasteiger charge is -2.31. The summed E-state index contributed by atoms with van der Waals surface area (Å²) in [5.41, 5.74) is 7.81. The quantitative estimate of drug-likeness (QED) is 0.250. The van der Waals surface area contributed by atoms with Gasteiger partial charge in [-0.15, -0.1) is 0 Å². The van der Waals surface area contributed by atoms with Crippen LogP contribution in [0, 0.1) is 0 Å². The molecular weight excluding hydrogens is 542 g/mol. The zero-order valence-electron chi connectivity index (χ0n) is 23.3. The molecule has 4 rings (SSSR count). The zero-order chi connectivity index (χ0) is 30.2. The smallest absolute Gasteiger partial charge is 0.322 e. The van der Waals surface area contributed by atoms with Crippen molar-refractivity contribution in [3.8, 4) is 5.75 Å². The Hall–Kier alpha value is -4.45. The number of nitrogens with two attached hydrogens (primary N) is 1. The first-order valence-corrected chi connectivity index (χ1v) is 14.1. The molecule has 0 bridgehead atoms. The third kappa shape index (κ3) is 7.64. The maximum absolute atomic E-state index is 13.8. The predicted octanol–water partition coefficient (Wildman–Crippen LogP) is 0.172. The van der Waals surface area contributed by atoms with Crippen molar-refractivity contribution in [2.75, 3.05) is 19.6 Å². The van der Waals surface area contributed by atoms with Crippen LogP contribution in [0.25, 0.3) is 0 Å². The average Bonchev–Trinajstić information content (AvgIpc) is 3.67. The summed E-state index contributed by atoms with van der Waals surface area (Å²) < 4.78 is 0. The van der Waals surface area contributed by atoms with Gasteiger partial charge in [-0.1, -0.05) is 42.5 Å². The minimum Gasteiger partial charge on any atom is -0.508 e. The third-order valence-electron chi connectivity index (χ3n) is 7.70. The molecule has 0 aliphatic carbocycles. The molecule has 4 amide bonds. The standard InChI is InChI=1S/C30H37N5O7/c31-22(16-20-10-12-21(36)13-11-20)29(41)34-14-5-9-25(34)28(40)33-23(17-19-6-2-1-3-7-19)30(42)35-15-4-8-24(35)27(39)32-18-26(37)38/h1-3,6-7,10-13,22-25,36H,4-5,8-9,14-18,31H2,(H,32,39)(H,33,40)(H,37,38)/t22-,23?,24-,25-/m0/s1. The zero-order valence-corrected chi connectivity index (χ0v) is 23.3. The summed E-state index contributed by atoms with van der Waals surface area (Å²) in [6.45, 7) is 0.0999. The number of carbonyl (C=O) groups excluding carboxylic acids is 4. The van der Waals surface area contributed by atoms with Crippen LogP contribution in [0.2, 0.25) is 0 Å². The van der Waals surface area contributed by atoms with Crippen molar-refractivity contribution in [2.45, 2.75) is 62.7 Å². The van der Waals surface area contributed by atoms with Crippen molar-refractivity contribution in [3.05, 3.63) is 65.7 Å². The highest BCUT2D eigenvalue weighted by Crippen LogP contribution is 2.22. The highest BCUT2D eigenvalue weighted by atomic mass is 16.4. The van der Waals surface area contributed by atoms with Crippen LogP contribution in [0.3, 0.4) is 0 Å². The second-order valence-corrected chi connectivity index (χ2v) is 10.7. The maximum atomic E-state index is 13.8. The molecule has 2 aliphatic heterocycles. The molecule has 0 spiro atoms. The van der Waals surface area contributed by atoms with E-state index in [9.17, 15) is 29.1 Å². The molecule has 0 saturated carbocycles. The first kappa shape index (κ1) is 30.5. The number of hydrogen-bond acceptors (Lipinski definition) is 7. The normalized spacial score (nSPS) is 19.6. The van der Waals surface area contributed by atoms with Gasteiger partial charge in [0, 0.05) is 19.5 Å². The fourth-order valence-electron chi connectivity index (χ4n) is 5.59. The van der Waals surface area contributed by atoms with Crippen molar-refractivity contribution in [3.63, 3.8) is 0 Å². The van der Waals surface area contributed by atoms with E-state index in [0.717, 1.165) is 11.1 Å². The van der Waals surface area contributed by atoms with Gasteiger partial charge in [-0.2, -0.15) is 0 Å². The van der Waals surface area contributed by atoms with Gasteiger partial charge in [0.1, 0.15) is 30.4 Å². The molecule has 0 aromatic heterocycles. The van der Waals surface area contributed by atoms with Crippen molar-refractivity contribution in [2.24, 2.45) is 5.73 Å². The van der Waals surface area contributed by atoms with E-state index >= 15 is 0 Å². The Balaban J connectivity index is 1.47. The van der Waals surface area contributed by atoms with Gasteiger partial charge in [-0.3, -0.25) is 24.0 Å². The van der Waals surface area contributed by atoms with Gasteiger partial charge in [-0.05, 0) is 55.4 Å². The minimum absolute atomic E-state index is 0.107. The van der Waals surface area contributed by atoms with Gasteiger partial charge in [0.2, 0.25) is 23.6 Å². The van der Waals surface area contributed by atoms with Gasteiger partial charge in [-0.25, -0.2) is 0 Å². The molecule has 4 atom stereocenters. The van der Waals surface area contributed by atoms with Gasteiger partial charge in [0.05, 0.1) is 6.04 Å². The number of phenolic OH excluding ortho intramolecular Hbond substituents is 1. The van der Waals surface area contributed by atoms with Crippen LogP contribution in [-0.2, 0) is 36.8 Å². The summed E-state index contributed by atoms with van der Waals surface area (Å²) in [7, 11) is 0. The van der Waals surface area contributed by atoms with Crippen LogP contribution in [0.4, 0.5) is 0 Å². The van der Waals surface area contributed by atoms with E-state index in [4.69, 9.17) is 10.8 Å². The van der Waals surface area contributed by atoms with E-state index in [0.29, 0.717) is 38.8 Å². The molecule has 224 valence electrons.